The van der Waals surface area contributed by atoms with Crippen molar-refractivity contribution >= 4 is 19.1 Å². The van der Waals surface area contributed by atoms with Crippen LogP contribution in [-0.4, -0.2) is 42.8 Å². The zero-order valence-corrected chi connectivity index (χ0v) is 24.4. The van der Waals surface area contributed by atoms with Gasteiger partial charge in [0.15, 0.2) is 0 Å². The van der Waals surface area contributed by atoms with Crippen molar-refractivity contribution < 1.29 is 23.6 Å². The van der Waals surface area contributed by atoms with E-state index in [2.05, 4.69) is 45.3 Å². The zero-order chi connectivity index (χ0) is 28.5. The van der Waals surface area contributed by atoms with Crippen molar-refractivity contribution in [2.75, 3.05) is 0 Å². The second-order valence-corrected chi connectivity index (χ2v) is 13.0. The van der Waals surface area contributed by atoms with E-state index in [4.69, 9.17) is 14.0 Å². The van der Waals surface area contributed by atoms with Crippen LogP contribution < -0.4 is 10.6 Å². The molecule has 2 aromatic carbocycles. The lowest BCUT2D eigenvalue weighted by atomic mass is 9.43. The Morgan fingerprint density at radius 2 is 1.62 bits per heavy atom. The van der Waals surface area contributed by atoms with Crippen LogP contribution in [0.2, 0.25) is 0 Å². The predicted octanol–water partition coefficient (Wildman–Crippen LogP) is 5.32. The van der Waals surface area contributed by atoms with Crippen LogP contribution >= 0.6 is 0 Å². The highest BCUT2D eigenvalue weighted by molar-refractivity contribution is 6.48. The van der Waals surface area contributed by atoms with Gasteiger partial charge < -0.3 is 24.7 Å². The molecule has 0 radical (unpaired) electrons. The third kappa shape index (κ3) is 5.93. The Bertz CT molecular complexity index is 1180. The van der Waals surface area contributed by atoms with Gasteiger partial charge in [-0.3, -0.25) is 4.79 Å². The largest absolute Gasteiger partial charge is 0.481 e. The Morgan fingerprint density at radius 1 is 0.975 bits per heavy atom. The van der Waals surface area contributed by atoms with Gasteiger partial charge in [0.05, 0.1) is 17.6 Å². The molecular weight excluding hydrogens is 503 g/mol. The minimum atomic E-state index is -0.814. The van der Waals surface area contributed by atoms with Crippen LogP contribution in [0.5, 0.6) is 0 Å². The summed E-state index contributed by atoms with van der Waals surface area (Å²) in [5.74, 6) is 0.793. The standard InChI is InChI=1S/C32H43BN2O5/c1-21(2)16-28(33-39-27-19-24-18-26(31(24,3)4)32(27,5)40-33)35-29(36)25(17-22-12-8-6-9-13-22)34-30(37)38-20-23-14-10-7-11-15-23/h6-15,21,24-28H,16-20H2,1-5H3,(H,34,37)(H,35,36)/t24-,25-,26-,27+,28-,32-/m0/s1. The highest BCUT2D eigenvalue weighted by Gasteiger charge is 2.68. The number of nitrogens with one attached hydrogen (secondary N) is 2. The van der Waals surface area contributed by atoms with Crippen LogP contribution in [0.15, 0.2) is 60.7 Å². The average Bonchev–Trinajstić information content (AvgIpc) is 3.29. The summed E-state index contributed by atoms with van der Waals surface area (Å²) in [6.07, 6.45) is 2.61. The van der Waals surface area contributed by atoms with Gasteiger partial charge >= 0.3 is 13.2 Å². The maximum atomic E-state index is 13.8. The highest BCUT2D eigenvalue weighted by atomic mass is 16.7. The van der Waals surface area contributed by atoms with Crippen LogP contribution in [0.3, 0.4) is 0 Å². The number of ether oxygens (including phenoxy) is 1. The monoisotopic (exact) mass is 546 g/mol. The average molecular weight is 547 g/mol. The number of benzene rings is 2. The molecule has 2 aromatic rings. The van der Waals surface area contributed by atoms with E-state index in [0.717, 1.165) is 17.5 Å². The number of amides is 2. The molecule has 2 N–H and O–H groups in total. The normalized spacial score (nSPS) is 27.8. The molecule has 1 aliphatic heterocycles. The summed E-state index contributed by atoms with van der Waals surface area (Å²) < 4.78 is 18.7. The predicted molar refractivity (Wildman–Crippen MR) is 155 cm³/mol. The molecule has 40 heavy (non-hydrogen) atoms. The Kier molecular flexibility index (Phi) is 8.30. The summed E-state index contributed by atoms with van der Waals surface area (Å²) in [4.78, 5) is 26.6. The maximum absolute atomic E-state index is 13.8. The Labute approximate surface area is 238 Å². The van der Waals surface area contributed by atoms with Crippen molar-refractivity contribution in [3.8, 4) is 0 Å². The molecule has 3 saturated carbocycles. The first-order valence-electron chi connectivity index (χ1n) is 14.7. The number of alkyl carbamates (subject to hydrolysis) is 1. The summed E-state index contributed by atoms with van der Waals surface area (Å²) in [5.41, 5.74) is 1.71. The molecule has 4 aliphatic rings. The minimum absolute atomic E-state index is 0.0343. The van der Waals surface area contributed by atoms with Gasteiger partial charge in [0.25, 0.3) is 0 Å². The summed E-state index contributed by atoms with van der Waals surface area (Å²) in [6.45, 7) is 11.3. The van der Waals surface area contributed by atoms with Gasteiger partial charge in [0, 0.05) is 6.42 Å². The fraction of sp³-hybridized carbons (Fsp3) is 0.562. The first-order chi connectivity index (χ1) is 19.1. The quantitative estimate of drug-likeness (QED) is 0.394. The number of hydrogen-bond acceptors (Lipinski definition) is 5. The summed E-state index contributed by atoms with van der Waals surface area (Å²) in [6, 6.07) is 18.3. The molecule has 1 saturated heterocycles. The molecule has 1 heterocycles. The third-order valence-electron chi connectivity index (χ3n) is 9.45. The zero-order valence-electron chi connectivity index (χ0n) is 24.4. The van der Waals surface area contributed by atoms with Crippen LogP contribution in [0.1, 0.15) is 65.0 Å². The van der Waals surface area contributed by atoms with Crippen molar-refractivity contribution in [1.29, 1.82) is 0 Å². The van der Waals surface area contributed by atoms with E-state index < -0.39 is 19.3 Å². The third-order valence-corrected chi connectivity index (χ3v) is 9.45. The molecule has 0 unspecified atom stereocenters. The maximum Gasteiger partial charge on any atom is 0.481 e. The molecule has 2 bridgehead atoms. The molecule has 7 nitrogen and oxygen atoms in total. The van der Waals surface area contributed by atoms with Gasteiger partial charge in [-0.05, 0) is 60.5 Å². The van der Waals surface area contributed by atoms with E-state index in [1.807, 2.05) is 60.7 Å². The van der Waals surface area contributed by atoms with Crippen molar-refractivity contribution in [3.63, 3.8) is 0 Å². The number of carbonyl (C=O) groups is 2. The fourth-order valence-electron chi connectivity index (χ4n) is 7.07. The summed E-state index contributed by atoms with van der Waals surface area (Å²) in [5, 5.41) is 6.02. The summed E-state index contributed by atoms with van der Waals surface area (Å²) >= 11 is 0. The van der Waals surface area contributed by atoms with Gasteiger partial charge in [-0.15, -0.1) is 0 Å². The SMILES string of the molecule is CC(C)C[C@H](NC(=O)[C@H](Cc1ccccc1)NC(=O)OCc1ccccc1)B1O[C@@H]2C[C@@H]3C[C@@H](C3(C)C)[C@]2(C)O1. The van der Waals surface area contributed by atoms with Gasteiger partial charge in [-0.25, -0.2) is 4.79 Å². The molecule has 6 atom stereocenters. The topological polar surface area (TPSA) is 85.9 Å². The minimum Gasteiger partial charge on any atom is -0.445 e. The first kappa shape index (κ1) is 28.7. The molecule has 0 spiro atoms. The molecule has 2 amide bonds. The van der Waals surface area contributed by atoms with E-state index in [1.165, 1.54) is 6.42 Å². The number of hydrogen-bond donors (Lipinski definition) is 2. The van der Waals surface area contributed by atoms with Gasteiger partial charge in [0.2, 0.25) is 5.91 Å². The first-order valence-corrected chi connectivity index (χ1v) is 14.7. The molecule has 214 valence electrons. The molecular formula is C32H43BN2O5. The van der Waals surface area contributed by atoms with Gasteiger partial charge in [-0.2, -0.15) is 0 Å². The van der Waals surface area contributed by atoms with E-state index in [-0.39, 0.29) is 35.6 Å². The van der Waals surface area contributed by atoms with E-state index in [9.17, 15) is 9.59 Å². The van der Waals surface area contributed by atoms with E-state index in [1.54, 1.807) is 0 Å². The molecule has 0 aromatic heterocycles. The highest BCUT2D eigenvalue weighted by Crippen LogP contribution is 2.65. The molecule has 6 rings (SSSR count). The lowest BCUT2D eigenvalue weighted by Gasteiger charge is -2.64. The van der Waals surface area contributed by atoms with Crippen LogP contribution in [0, 0.1) is 23.2 Å². The van der Waals surface area contributed by atoms with E-state index in [0.29, 0.717) is 30.6 Å². The smallest absolute Gasteiger partial charge is 0.445 e. The van der Waals surface area contributed by atoms with Crippen LogP contribution in [-0.2, 0) is 31.9 Å². The Morgan fingerprint density at radius 3 is 2.25 bits per heavy atom. The van der Waals surface area contributed by atoms with Crippen molar-refractivity contribution in [1.82, 2.24) is 10.6 Å². The van der Waals surface area contributed by atoms with Crippen LogP contribution in [0.25, 0.3) is 0 Å². The Hall–Kier alpha value is -2.84. The van der Waals surface area contributed by atoms with Crippen molar-refractivity contribution in [2.24, 2.45) is 23.2 Å². The molecule has 4 fully saturated rings. The van der Waals surface area contributed by atoms with Crippen LogP contribution in [0.4, 0.5) is 4.79 Å². The van der Waals surface area contributed by atoms with Crippen molar-refractivity contribution in [3.05, 3.63) is 71.8 Å². The second kappa shape index (κ2) is 11.6. The number of carbonyl (C=O) groups excluding carboxylic acids is 2. The second-order valence-electron chi connectivity index (χ2n) is 13.0. The molecule has 3 aliphatic carbocycles. The Balaban J connectivity index is 1.28. The van der Waals surface area contributed by atoms with E-state index >= 15 is 0 Å². The van der Waals surface area contributed by atoms with Crippen molar-refractivity contribution in [2.45, 2.75) is 90.6 Å². The van der Waals surface area contributed by atoms with Gasteiger partial charge in [-0.1, -0.05) is 88.4 Å². The molecule has 8 heteroatoms. The fourth-order valence-corrected chi connectivity index (χ4v) is 7.07. The lowest BCUT2D eigenvalue weighted by Crippen LogP contribution is -2.65. The lowest BCUT2D eigenvalue weighted by molar-refractivity contribution is -0.199. The summed E-state index contributed by atoms with van der Waals surface area (Å²) in [7, 11) is -0.529. The number of rotatable bonds is 10. The van der Waals surface area contributed by atoms with Gasteiger partial charge in [0.1, 0.15) is 12.6 Å².